The highest BCUT2D eigenvalue weighted by Gasteiger charge is 2.15. The molecule has 1 aromatic carbocycles. The summed E-state index contributed by atoms with van der Waals surface area (Å²) in [4.78, 5) is 27.2. The summed E-state index contributed by atoms with van der Waals surface area (Å²) in [5.74, 6) is 1.02. The van der Waals surface area contributed by atoms with E-state index < -0.39 is 0 Å². The Morgan fingerprint density at radius 1 is 1.14 bits per heavy atom. The second kappa shape index (κ2) is 11.1. The normalized spacial score (nSPS) is 10.6. The molecule has 2 amide bonds. The van der Waals surface area contributed by atoms with Gasteiger partial charge >= 0.3 is 0 Å². The molecule has 0 saturated heterocycles. The Labute approximate surface area is 174 Å². The van der Waals surface area contributed by atoms with Gasteiger partial charge in [-0.2, -0.15) is 0 Å². The van der Waals surface area contributed by atoms with Crippen molar-refractivity contribution in [3.05, 3.63) is 46.2 Å². The van der Waals surface area contributed by atoms with E-state index in [1.807, 2.05) is 24.4 Å². The first-order valence-electron chi connectivity index (χ1n) is 9.08. The van der Waals surface area contributed by atoms with Gasteiger partial charge in [0.2, 0.25) is 17.6 Å². The predicted octanol–water partition coefficient (Wildman–Crippen LogP) is 2.95. The fraction of sp³-hybridized carbons (Fsp3) is 0.333. The molecule has 2 aromatic rings. The molecule has 0 fully saturated rings. The summed E-state index contributed by atoms with van der Waals surface area (Å²) in [7, 11) is 4.59. The number of amides is 2. The largest absolute Gasteiger partial charge is 0.493 e. The van der Waals surface area contributed by atoms with E-state index >= 15 is 0 Å². The van der Waals surface area contributed by atoms with Gasteiger partial charge in [0.25, 0.3) is 0 Å². The molecular weight excluding hydrogens is 392 g/mol. The Morgan fingerprint density at radius 3 is 2.34 bits per heavy atom. The molecule has 0 radical (unpaired) electrons. The second-order valence-electron chi connectivity index (χ2n) is 6.00. The zero-order valence-corrected chi connectivity index (χ0v) is 17.9. The highest BCUT2D eigenvalue weighted by molar-refractivity contribution is 7.09. The minimum absolute atomic E-state index is 0.000301. The fourth-order valence-electron chi connectivity index (χ4n) is 2.64. The van der Waals surface area contributed by atoms with Crippen molar-refractivity contribution in [2.45, 2.75) is 13.5 Å². The maximum Gasteiger partial charge on any atom is 0.247 e. The van der Waals surface area contributed by atoms with Gasteiger partial charge in [0.1, 0.15) is 0 Å². The summed E-state index contributed by atoms with van der Waals surface area (Å²) in [6.07, 6.45) is 3.08. The molecule has 0 bridgehead atoms. The van der Waals surface area contributed by atoms with Crippen LogP contribution in [0, 0.1) is 0 Å². The Balaban J connectivity index is 2.02. The Morgan fingerprint density at radius 2 is 1.83 bits per heavy atom. The van der Waals surface area contributed by atoms with Crippen molar-refractivity contribution in [3.63, 3.8) is 0 Å². The third kappa shape index (κ3) is 6.25. The van der Waals surface area contributed by atoms with Crippen LogP contribution in [0.15, 0.2) is 35.7 Å². The van der Waals surface area contributed by atoms with Gasteiger partial charge < -0.3 is 24.4 Å². The summed E-state index contributed by atoms with van der Waals surface area (Å²) >= 11 is 1.57. The minimum atomic E-state index is -0.257. The van der Waals surface area contributed by atoms with Gasteiger partial charge in [-0.25, -0.2) is 0 Å². The lowest BCUT2D eigenvalue weighted by molar-refractivity contribution is -0.132. The van der Waals surface area contributed by atoms with Gasteiger partial charge in [0, 0.05) is 17.5 Å². The van der Waals surface area contributed by atoms with E-state index in [0.717, 1.165) is 4.88 Å². The monoisotopic (exact) mass is 418 g/mol. The van der Waals surface area contributed by atoms with Crippen LogP contribution in [-0.2, 0) is 16.1 Å². The van der Waals surface area contributed by atoms with E-state index in [0.29, 0.717) is 35.9 Å². The SMILES string of the molecule is CCN(CC(=O)NCc1cccs1)C(=O)/C=C/c1cc(OC)c(OC)c(OC)c1. The smallest absolute Gasteiger partial charge is 0.247 e. The number of thiophene rings is 1. The van der Waals surface area contributed by atoms with Crippen molar-refractivity contribution in [1.82, 2.24) is 10.2 Å². The zero-order chi connectivity index (χ0) is 21.2. The van der Waals surface area contributed by atoms with Crippen molar-refractivity contribution in [3.8, 4) is 17.2 Å². The Bertz CT molecular complexity index is 824. The Hall–Kier alpha value is -3.00. The number of methoxy groups -OCH3 is 3. The molecular formula is C21H26N2O5S. The van der Waals surface area contributed by atoms with Gasteiger partial charge in [-0.05, 0) is 42.1 Å². The maximum absolute atomic E-state index is 12.5. The standard InChI is InChI=1S/C21H26N2O5S/c1-5-23(14-19(24)22-13-16-7-6-10-29-16)20(25)9-8-15-11-17(26-2)21(28-4)18(12-15)27-3/h6-12H,5,13-14H2,1-4H3,(H,22,24)/b9-8+. The van der Waals surface area contributed by atoms with Crippen LogP contribution in [0.2, 0.25) is 0 Å². The molecule has 7 nitrogen and oxygen atoms in total. The van der Waals surface area contributed by atoms with Gasteiger partial charge in [-0.15, -0.1) is 11.3 Å². The zero-order valence-electron chi connectivity index (χ0n) is 17.1. The molecule has 1 aromatic heterocycles. The summed E-state index contributed by atoms with van der Waals surface area (Å²) in [5, 5.41) is 4.78. The van der Waals surface area contributed by atoms with Crippen molar-refractivity contribution in [1.29, 1.82) is 0 Å². The van der Waals surface area contributed by atoms with E-state index in [9.17, 15) is 9.59 Å². The van der Waals surface area contributed by atoms with Crippen molar-refractivity contribution in [2.24, 2.45) is 0 Å². The molecule has 29 heavy (non-hydrogen) atoms. The number of nitrogens with zero attached hydrogens (tertiary/aromatic N) is 1. The third-order valence-corrected chi connectivity index (χ3v) is 5.05. The topological polar surface area (TPSA) is 77.1 Å². The molecule has 0 spiro atoms. The number of benzene rings is 1. The van der Waals surface area contributed by atoms with Gasteiger partial charge in [0.15, 0.2) is 11.5 Å². The summed E-state index contributed by atoms with van der Waals surface area (Å²) in [6, 6.07) is 7.38. The van der Waals surface area contributed by atoms with Gasteiger partial charge in [-0.1, -0.05) is 6.07 Å². The summed E-state index contributed by atoms with van der Waals surface area (Å²) in [5.41, 5.74) is 0.714. The lowest BCUT2D eigenvalue weighted by atomic mass is 10.1. The van der Waals surface area contributed by atoms with Crippen molar-refractivity contribution in [2.75, 3.05) is 34.4 Å². The van der Waals surface area contributed by atoms with Crippen LogP contribution >= 0.6 is 11.3 Å². The highest BCUT2D eigenvalue weighted by atomic mass is 32.1. The minimum Gasteiger partial charge on any atom is -0.493 e. The molecule has 1 N–H and O–H groups in total. The van der Waals surface area contributed by atoms with Gasteiger partial charge in [-0.3, -0.25) is 9.59 Å². The van der Waals surface area contributed by atoms with Crippen LogP contribution in [0.4, 0.5) is 0 Å². The van der Waals surface area contributed by atoms with Crippen LogP contribution in [-0.4, -0.2) is 51.1 Å². The van der Waals surface area contributed by atoms with Gasteiger partial charge in [0.05, 0.1) is 34.4 Å². The molecule has 8 heteroatoms. The first-order chi connectivity index (χ1) is 14.0. The van der Waals surface area contributed by atoms with Crippen LogP contribution in [0.3, 0.4) is 0 Å². The van der Waals surface area contributed by atoms with Crippen LogP contribution in [0.5, 0.6) is 17.2 Å². The Kier molecular flexibility index (Phi) is 8.54. The summed E-state index contributed by atoms with van der Waals surface area (Å²) < 4.78 is 15.9. The van der Waals surface area contributed by atoms with Crippen LogP contribution in [0.1, 0.15) is 17.4 Å². The number of ether oxygens (including phenoxy) is 3. The molecule has 0 saturated carbocycles. The lowest BCUT2D eigenvalue weighted by Gasteiger charge is -2.18. The molecule has 0 unspecified atom stereocenters. The average molecular weight is 419 g/mol. The number of nitrogens with one attached hydrogen (secondary N) is 1. The first-order valence-corrected chi connectivity index (χ1v) is 9.96. The van der Waals surface area contributed by atoms with E-state index in [4.69, 9.17) is 14.2 Å². The van der Waals surface area contributed by atoms with Crippen LogP contribution < -0.4 is 19.5 Å². The number of hydrogen-bond donors (Lipinski definition) is 1. The average Bonchev–Trinajstić information content (AvgIpc) is 3.27. The molecule has 156 valence electrons. The molecule has 0 atom stereocenters. The summed E-state index contributed by atoms with van der Waals surface area (Å²) in [6.45, 7) is 2.71. The number of rotatable bonds is 10. The second-order valence-corrected chi connectivity index (χ2v) is 7.03. The molecule has 2 rings (SSSR count). The lowest BCUT2D eigenvalue weighted by Crippen LogP contribution is -2.39. The van der Waals surface area contributed by atoms with E-state index in [1.54, 1.807) is 29.5 Å². The number of hydrogen-bond acceptors (Lipinski definition) is 6. The van der Waals surface area contributed by atoms with Crippen LogP contribution in [0.25, 0.3) is 6.08 Å². The molecule has 1 heterocycles. The fourth-order valence-corrected chi connectivity index (χ4v) is 3.29. The highest BCUT2D eigenvalue weighted by Crippen LogP contribution is 2.38. The molecule has 0 aliphatic heterocycles. The van der Waals surface area contributed by atoms with E-state index in [-0.39, 0.29) is 18.4 Å². The molecule has 0 aliphatic rings. The quantitative estimate of drug-likeness (QED) is 0.601. The number of carbonyl (C=O) groups excluding carboxylic acids is 2. The van der Waals surface area contributed by atoms with Crippen molar-refractivity contribution >= 4 is 29.2 Å². The first kappa shape index (κ1) is 22.3. The third-order valence-electron chi connectivity index (χ3n) is 4.17. The number of likely N-dealkylation sites (N-methyl/N-ethyl adjacent to an activating group) is 1. The number of carbonyl (C=O) groups is 2. The predicted molar refractivity (Wildman–Crippen MR) is 114 cm³/mol. The maximum atomic E-state index is 12.5. The van der Waals surface area contributed by atoms with E-state index in [2.05, 4.69) is 5.32 Å². The molecule has 0 aliphatic carbocycles. The van der Waals surface area contributed by atoms with E-state index in [1.165, 1.54) is 32.3 Å². The van der Waals surface area contributed by atoms with Crippen molar-refractivity contribution < 1.29 is 23.8 Å².